The van der Waals surface area contributed by atoms with E-state index in [1.807, 2.05) is 22.4 Å². The van der Waals surface area contributed by atoms with Crippen molar-refractivity contribution in [1.82, 2.24) is 0 Å². The third-order valence-corrected chi connectivity index (χ3v) is 4.85. The molecule has 3 rings (SSSR count). The molecule has 1 unspecified atom stereocenters. The summed E-state index contributed by atoms with van der Waals surface area (Å²) >= 11 is 13.9. The van der Waals surface area contributed by atoms with Crippen molar-refractivity contribution in [3.8, 4) is 0 Å². The van der Waals surface area contributed by atoms with Crippen molar-refractivity contribution < 1.29 is 4.39 Å². The van der Waals surface area contributed by atoms with E-state index in [4.69, 9.17) is 23.2 Å². The third kappa shape index (κ3) is 3.29. The molecule has 2 nitrogen and oxygen atoms in total. The van der Waals surface area contributed by atoms with Crippen molar-refractivity contribution in [1.29, 1.82) is 0 Å². The number of halogens is 3. The van der Waals surface area contributed by atoms with Gasteiger partial charge in [-0.05, 0) is 29.6 Å². The Bertz CT molecular complexity index is 673. The summed E-state index contributed by atoms with van der Waals surface area (Å²) in [6.07, 6.45) is 0. The minimum Gasteiger partial charge on any atom is -0.368 e. The van der Waals surface area contributed by atoms with E-state index in [1.54, 1.807) is 23.5 Å². The second kappa shape index (κ2) is 6.99. The lowest BCUT2D eigenvalue weighted by molar-refractivity contribution is 0.626. The standard InChI is InChI=1S/C16H15Cl2FN2S/c17-5-6-21-10-11(18)9-20-16(15-2-1-7-22-15)13-4-3-12(19)8-14(13)21/h1-4,7-8,11H,5-6,9-10H2. The molecule has 1 aliphatic heterocycles. The number of anilines is 1. The van der Waals surface area contributed by atoms with E-state index in [2.05, 4.69) is 4.99 Å². The number of fused-ring (bicyclic) bond motifs is 1. The summed E-state index contributed by atoms with van der Waals surface area (Å²) in [5.41, 5.74) is 2.60. The predicted molar refractivity (Wildman–Crippen MR) is 93.8 cm³/mol. The first-order valence-corrected chi connectivity index (χ1v) is 8.87. The van der Waals surface area contributed by atoms with E-state index in [-0.39, 0.29) is 11.2 Å². The van der Waals surface area contributed by atoms with Gasteiger partial charge in [-0.1, -0.05) is 6.07 Å². The molecular weight excluding hydrogens is 342 g/mol. The highest BCUT2D eigenvalue weighted by Crippen LogP contribution is 2.29. The fourth-order valence-corrected chi connectivity index (χ4v) is 3.76. The number of alkyl halides is 2. The minimum atomic E-state index is -0.268. The Morgan fingerprint density at radius 1 is 1.36 bits per heavy atom. The van der Waals surface area contributed by atoms with Gasteiger partial charge in [0.1, 0.15) is 5.82 Å². The molecule has 1 aromatic carbocycles. The van der Waals surface area contributed by atoms with Crippen molar-refractivity contribution >= 4 is 45.9 Å². The maximum absolute atomic E-state index is 13.8. The molecule has 1 aromatic heterocycles. The minimum absolute atomic E-state index is 0.130. The van der Waals surface area contributed by atoms with Gasteiger partial charge in [0.25, 0.3) is 0 Å². The summed E-state index contributed by atoms with van der Waals surface area (Å²) in [5.74, 6) is 0.195. The van der Waals surface area contributed by atoms with Gasteiger partial charge in [-0.15, -0.1) is 34.5 Å². The second-order valence-corrected chi connectivity index (χ2v) is 7.00. The van der Waals surface area contributed by atoms with Gasteiger partial charge in [0, 0.05) is 30.2 Å². The first kappa shape index (κ1) is 15.8. The molecule has 0 fully saturated rings. The van der Waals surface area contributed by atoms with Crippen LogP contribution in [0.1, 0.15) is 10.4 Å². The van der Waals surface area contributed by atoms with Crippen LogP contribution in [0.2, 0.25) is 0 Å². The number of hydrogen-bond donors (Lipinski definition) is 0. The molecule has 6 heteroatoms. The Morgan fingerprint density at radius 2 is 2.23 bits per heavy atom. The molecule has 0 aliphatic carbocycles. The van der Waals surface area contributed by atoms with E-state index in [0.29, 0.717) is 25.5 Å². The molecule has 0 saturated heterocycles. The van der Waals surface area contributed by atoms with Gasteiger partial charge < -0.3 is 4.90 Å². The average Bonchev–Trinajstić information content (AvgIpc) is 3.01. The largest absolute Gasteiger partial charge is 0.368 e. The maximum Gasteiger partial charge on any atom is 0.125 e. The molecule has 0 bridgehead atoms. The third-order valence-electron chi connectivity index (χ3n) is 3.53. The maximum atomic E-state index is 13.8. The summed E-state index contributed by atoms with van der Waals surface area (Å²) in [7, 11) is 0. The van der Waals surface area contributed by atoms with Crippen molar-refractivity contribution in [2.45, 2.75) is 5.38 Å². The highest BCUT2D eigenvalue weighted by Gasteiger charge is 2.22. The Balaban J connectivity index is 2.15. The number of nitrogens with zero attached hydrogens (tertiary/aromatic N) is 2. The van der Waals surface area contributed by atoms with E-state index in [0.717, 1.165) is 21.8 Å². The molecule has 1 aliphatic rings. The molecule has 22 heavy (non-hydrogen) atoms. The summed E-state index contributed by atoms with van der Waals surface area (Å²) < 4.78 is 13.8. The molecule has 0 spiro atoms. The zero-order valence-electron chi connectivity index (χ0n) is 11.8. The van der Waals surface area contributed by atoms with Crippen LogP contribution in [0.15, 0.2) is 40.7 Å². The number of thiophene rings is 1. The highest BCUT2D eigenvalue weighted by molar-refractivity contribution is 7.12. The Morgan fingerprint density at radius 3 is 2.95 bits per heavy atom. The van der Waals surface area contributed by atoms with Crippen molar-refractivity contribution in [3.63, 3.8) is 0 Å². The van der Waals surface area contributed by atoms with Gasteiger partial charge in [0.15, 0.2) is 0 Å². The lowest BCUT2D eigenvalue weighted by Gasteiger charge is -2.30. The number of rotatable bonds is 3. The van der Waals surface area contributed by atoms with Crippen LogP contribution in [0, 0.1) is 5.82 Å². The van der Waals surface area contributed by atoms with Crippen LogP contribution in [0.5, 0.6) is 0 Å². The van der Waals surface area contributed by atoms with Crippen LogP contribution in [0.3, 0.4) is 0 Å². The summed E-state index contributed by atoms with van der Waals surface area (Å²) in [6, 6.07) is 8.81. The number of aliphatic imine (C=N–C) groups is 1. The fraction of sp³-hybridized carbons (Fsp3) is 0.312. The summed E-state index contributed by atoms with van der Waals surface area (Å²) in [4.78, 5) is 7.79. The SMILES string of the molecule is Fc1ccc2c(c1)N(CCCl)CC(Cl)CN=C2c1cccs1. The van der Waals surface area contributed by atoms with Gasteiger partial charge in [-0.3, -0.25) is 4.99 Å². The van der Waals surface area contributed by atoms with Gasteiger partial charge in [0.05, 0.1) is 22.5 Å². The van der Waals surface area contributed by atoms with E-state index >= 15 is 0 Å². The fourth-order valence-electron chi connectivity index (χ4n) is 2.58. The topological polar surface area (TPSA) is 15.6 Å². The van der Waals surface area contributed by atoms with E-state index < -0.39 is 0 Å². The molecule has 2 heterocycles. The quantitative estimate of drug-likeness (QED) is 0.744. The van der Waals surface area contributed by atoms with E-state index in [9.17, 15) is 4.39 Å². The monoisotopic (exact) mass is 356 g/mol. The lowest BCUT2D eigenvalue weighted by atomic mass is 10.0. The summed E-state index contributed by atoms with van der Waals surface area (Å²) in [5, 5.41) is 1.88. The van der Waals surface area contributed by atoms with Gasteiger partial charge in [-0.2, -0.15) is 0 Å². The van der Waals surface area contributed by atoms with Crippen LogP contribution in [-0.4, -0.2) is 36.6 Å². The normalized spacial score (nSPS) is 18.4. The van der Waals surface area contributed by atoms with Crippen molar-refractivity contribution in [2.24, 2.45) is 4.99 Å². The van der Waals surface area contributed by atoms with Gasteiger partial charge in [-0.25, -0.2) is 4.39 Å². The first-order chi connectivity index (χ1) is 10.7. The molecular formula is C16H15Cl2FN2S. The summed E-state index contributed by atoms with van der Waals surface area (Å²) in [6.45, 7) is 1.76. The van der Waals surface area contributed by atoms with Crippen LogP contribution in [0.25, 0.3) is 0 Å². The zero-order valence-corrected chi connectivity index (χ0v) is 14.1. The molecule has 1 atom stereocenters. The zero-order chi connectivity index (χ0) is 15.5. The van der Waals surface area contributed by atoms with Crippen LogP contribution < -0.4 is 4.90 Å². The Kier molecular flexibility index (Phi) is 5.01. The van der Waals surface area contributed by atoms with Crippen molar-refractivity contribution in [3.05, 3.63) is 52.0 Å². The smallest absolute Gasteiger partial charge is 0.125 e. The Hall–Kier alpha value is -1.10. The van der Waals surface area contributed by atoms with Crippen LogP contribution >= 0.6 is 34.5 Å². The van der Waals surface area contributed by atoms with Crippen LogP contribution in [-0.2, 0) is 0 Å². The van der Waals surface area contributed by atoms with E-state index in [1.165, 1.54) is 6.07 Å². The predicted octanol–water partition coefficient (Wildman–Crippen LogP) is 4.39. The molecule has 0 N–H and O–H groups in total. The molecule has 116 valence electrons. The second-order valence-electron chi connectivity index (χ2n) is 5.06. The van der Waals surface area contributed by atoms with Gasteiger partial charge in [0.2, 0.25) is 0 Å². The lowest BCUT2D eigenvalue weighted by Crippen LogP contribution is -2.36. The highest BCUT2D eigenvalue weighted by atomic mass is 35.5. The molecule has 0 saturated carbocycles. The molecule has 0 radical (unpaired) electrons. The average molecular weight is 357 g/mol. The number of hydrogen-bond acceptors (Lipinski definition) is 3. The number of benzene rings is 1. The van der Waals surface area contributed by atoms with Crippen LogP contribution in [0.4, 0.5) is 10.1 Å². The first-order valence-electron chi connectivity index (χ1n) is 7.02. The van der Waals surface area contributed by atoms with Gasteiger partial charge >= 0.3 is 0 Å². The van der Waals surface area contributed by atoms with Crippen molar-refractivity contribution in [2.75, 3.05) is 30.4 Å². The Labute approximate surface area is 143 Å². The molecule has 2 aromatic rings. The molecule has 0 amide bonds.